The molecule has 0 fully saturated rings. The van der Waals surface area contributed by atoms with E-state index in [0.29, 0.717) is 44.3 Å². The highest BCUT2D eigenvalue weighted by molar-refractivity contribution is 5.73. The van der Waals surface area contributed by atoms with Gasteiger partial charge in [-0.05, 0) is 31.0 Å². The lowest BCUT2D eigenvalue weighted by Gasteiger charge is -2.35. The van der Waals surface area contributed by atoms with E-state index in [2.05, 4.69) is 0 Å². The lowest BCUT2D eigenvalue weighted by molar-refractivity contribution is -0.143. The fraction of sp³-hybridized carbons (Fsp3) is 0.593. The van der Waals surface area contributed by atoms with E-state index in [4.69, 9.17) is 24.4 Å². The van der Waals surface area contributed by atoms with Gasteiger partial charge in [-0.25, -0.2) is 0 Å². The summed E-state index contributed by atoms with van der Waals surface area (Å²) in [7, 11) is 0. The van der Waals surface area contributed by atoms with Gasteiger partial charge in [-0.3, -0.25) is 38.7 Å². The van der Waals surface area contributed by atoms with Crippen LogP contribution in [0.25, 0.3) is 0 Å². The molecule has 0 aromatic heterocycles. The van der Waals surface area contributed by atoms with E-state index in [0.717, 1.165) is 9.80 Å². The highest BCUT2D eigenvalue weighted by Gasteiger charge is 2.27. The molecule has 43 heavy (non-hydrogen) atoms. The molecule has 1 aromatic rings. The smallest absolute Gasteiger partial charge is 0.317 e. The van der Waals surface area contributed by atoms with Crippen LogP contribution in [-0.2, 0) is 39.9 Å². The summed E-state index contributed by atoms with van der Waals surface area (Å²) in [6.07, 6.45) is 0.168. The van der Waals surface area contributed by atoms with Gasteiger partial charge in [0.1, 0.15) is 12.4 Å². The summed E-state index contributed by atoms with van der Waals surface area (Å²) >= 11 is 0. The van der Waals surface area contributed by atoms with Crippen molar-refractivity contribution in [3.8, 4) is 5.75 Å². The molecule has 0 saturated carbocycles. The fourth-order valence-electron chi connectivity index (χ4n) is 4.18. The molecule has 1 aromatic carbocycles. The molecule has 0 spiro atoms. The summed E-state index contributed by atoms with van der Waals surface area (Å²) in [5.41, 5.74) is 0.708. The van der Waals surface area contributed by atoms with E-state index in [1.165, 1.54) is 4.90 Å². The highest BCUT2D eigenvalue weighted by Crippen LogP contribution is 2.17. The van der Waals surface area contributed by atoms with Crippen LogP contribution in [0.2, 0.25) is 0 Å². The van der Waals surface area contributed by atoms with E-state index in [-0.39, 0.29) is 26.1 Å². The van der Waals surface area contributed by atoms with E-state index in [9.17, 15) is 39.3 Å². The van der Waals surface area contributed by atoms with Gasteiger partial charge in [-0.15, -0.1) is 0 Å². The Kier molecular flexibility index (Phi) is 18.1. The van der Waals surface area contributed by atoms with Gasteiger partial charge in [0.15, 0.2) is 0 Å². The second-order valence-electron chi connectivity index (χ2n) is 9.48. The Morgan fingerprint density at radius 3 is 1.65 bits per heavy atom. The molecule has 1 unspecified atom stereocenters. The molecule has 5 N–H and O–H groups in total. The Hall–Kier alpha value is -3.83. The Bertz CT molecular complexity index is 990. The van der Waals surface area contributed by atoms with E-state index < -0.39 is 68.6 Å². The topological polar surface area (TPSA) is 224 Å². The Balaban J connectivity index is 3.12. The van der Waals surface area contributed by atoms with Crippen molar-refractivity contribution in [2.45, 2.75) is 19.4 Å². The molecule has 0 heterocycles. The molecule has 16 nitrogen and oxygen atoms in total. The minimum Gasteiger partial charge on any atom is -0.491 e. The second-order valence-corrected chi connectivity index (χ2v) is 9.48. The quantitative estimate of drug-likeness (QED) is 0.0817. The van der Waals surface area contributed by atoms with Crippen molar-refractivity contribution in [1.82, 2.24) is 14.7 Å². The van der Waals surface area contributed by atoms with Crippen molar-refractivity contribution in [3.63, 3.8) is 0 Å². The van der Waals surface area contributed by atoms with Crippen LogP contribution >= 0.6 is 0 Å². The lowest BCUT2D eigenvalue weighted by atomic mass is 10.0. The molecular formula is C27H41N3O13. The molecule has 16 heteroatoms. The van der Waals surface area contributed by atoms with Crippen molar-refractivity contribution in [2.24, 2.45) is 0 Å². The maximum absolute atomic E-state index is 11.8. The van der Waals surface area contributed by atoms with Gasteiger partial charge in [0.2, 0.25) is 0 Å². The van der Waals surface area contributed by atoms with E-state index in [1.807, 2.05) is 6.92 Å². The van der Waals surface area contributed by atoms with Crippen LogP contribution in [0.4, 0.5) is 0 Å². The van der Waals surface area contributed by atoms with Gasteiger partial charge >= 0.3 is 29.8 Å². The predicted octanol–water partition coefficient (Wildman–Crippen LogP) is -0.641. The van der Waals surface area contributed by atoms with Gasteiger partial charge in [0.25, 0.3) is 0 Å². The first-order valence-corrected chi connectivity index (χ1v) is 13.5. The number of carboxylic acid groups (broad SMARTS) is 5. The molecule has 1 rings (SSSR count). The molecule has 0 aliphatic rings. The minimum absolute atomic E-state index is 0.0873. The van der Waals surface area contributed by atoms with Crippen molar-refractivity contribution in [1.29, 1.82) is 0 Å². The van der Waals surface area contributed by atoms with Gasteiger partial charge < -0.3 is 39.7 Å². The summed E-state index contributed by atoms with van der Waals surface area (Å²) in [6.45, 7) is 0.726. The number of aliphatic carboxylic acids is 5. The zero-order chi connectivity index (χ0) is 32.2. The van der Waals surface area contributed by atoms with Crippen molar-refractivity contribution < 1.29 is 63.7 Å². The largest absolute Gasteiger partial charge is 0.491 e. The normalized spacial score (nSPS) is 12.0. The van der Waals surface area contributed by atoms with Crippen LogP contribution in [0.15, 0.2) is 24.3 Å². The molecule has 0 radical (unpaired) electrons. The average molecular weight is 616 g/mol. The van der Waals surface area contributed by atoms with Crippen LogP contribution < -0.4 is 4.74 Å². The third-order valence-corrected chi connectivity index (χ3v) is 5.93. The number of rotatable bonds is 26. The van der Waals surface area contributed by atoms with E-state index >= 15 is 0 Å². The van der Waals surface area contributed by atoms with Gasteiger partial charge in [-0.1, -0.05) is 12.1 Å². The molecular weight excluding hydrogens is 574 g/mol. The Labute approximate surface area is 248 Å². The first-order chi connectivity index (χ1) is 20.4. The van der Waals surface area contributed by atoms with Gasteiger partial charge in [0.05, 0.1) is 52.5 Å². The van der Waals surface area contributed by atoms with Crippen LogP contribution in [0.3, 0.4) is 0 Å². The third-order valence-electron chi connectivity index (χ3n) is 5.93. The molecule has 242 valence electrons. The van der Waals surface area contributed by atoms with Gasteiger partial charge in [0, 0.05) is 32.3 Å². The highest BCUT2D eigenvalue weighted by atomic mass is 16.5. The number of nitrogens with zero attached hydrogens (tertiary/aromatic N) is 3. The molecule has 1 atom stereocenters. The van der Waals surface area contributed by atoms with Crippen LogP contribution in [0, 0.1) is 0 Å². The predicted molar refractivity (Wildman–Crippen MR) is 149 cm³/mol. The van der Waals surface area contributed by atoms with Crippen molar-refractivity contribution >= 4 is 29.8 Å². The number of carbonyl (C=O) groups is 5. The standard InChI is InChI=1S/C27H41N3O13/c1-2-41-9-10-42-11-12-43-22-5-3-20(4-6-22)13-21(14-29(17-25(35)36)18-26(37)38)30(19-27(39)40)8-7-28(15-23(31)32)16-24(33)34/h3-6,21H,2,7-19H2,1H3,(H,31,32)(H,33,34)(H,35,36)(H,37,38)(H,39,40). The summed E-state index contributed by atoms with van der Waals surface area (Å²) in [4.78, 5) is 60.8. The monoisotopic (exact) mass is 615 g/mol. The first-order valence-electron chi connectivity index (χ1n) is 13.5. The number of benzene rings is 1. The molecule has 0 saturated heterocycles. The summed E-state index contributed by atoms with van der Waals surface area (Å²) in [5.74, 6) is -5.77. The number of ether oxygens (including phenoxy) is 3. The second kappa shape index (κ2) is 21.0. The number of hydrogen-bond donors (Lipinski definition) is 5. The maximum Gasteiger partial charge on any atom is 0.317 e. The summed E-state index contributed by atoms with van der Waals surface area (Å²) in [5, 5.41) is 46.5. The summed E-state index contributed by atoms with van der Waals surface area (Å²) < 4.78 is 16.3. The van der Waals surface area contributed by atoms with Gasteiger partial charge in [-0.2, -0.15) is 0 Å². The van der Waals surface area contributed by atoms with Crippen molar-refractivity contribution in [2.75, 3.05) is 85.4 Å². The molecule has 0 aliphatic carbocycles. The first kappa shape index (κ1) is 37.2. The zero-order valence-corrected chi connectivity index (χ0v) is 24.1. The third kappa shape index (κ3) is 18.3. The average Bonchev–Trinajstić information content (AvgIpc) is 2.89. The SMILES string of the molecule is CCOCCOCCOc1ccc(CC(CN(CC(=O)O)CC(=O)O)N(CCN(CC(=O)O)CC(=O)O)CC(=O)O)cc1. The minimum atomic E-state index is -1.28. The number of hydrogen-bond acceptors (Lipinski definition) is 11. The molecule has 0 amide bonds. The Morgan fingerprint density at radius 1 is 0.651 bits per heavy atom. The molecule has 0 aliphatic heterocycles. The lowest BCUT2D eigenvalue weighted by Crippen LogP contribution is -2.51. The molecule has 0 bridgehead atoms. The van der Waals surface area contributed by atoms with Crippen molar-refractivity contribution in [3.05, 3.63) is 29.8 Å². The van der Waals surface area contributed by atoms with E-state index in [1.54, 1.807) is 24.3 Å². The summed E-state index contributed by atoms with van der Waals surface area (Å²) in [6, 6.07) is 6.12. The maximum atomic E-state index is 11.8. The zero-order valence-electron chi connectivity index (χ0n) is 24.1. The van der Waals surface area contributed by atoms with Crippen LogP contribution in [0.5, 0.6) is 5.75 Å². The fourth-order valence-corrected chi connectivity index (χ4v) is 4.18. The Morgan fingerprint density at radius 2 is 1.14 bits per heavy atom. The van der Waals surface area contributed by atoms with Crippen LogP contribution in [0.1, 0.15) is 12.5 Å². The van der Waals surface area contributed by atoms with Crippen LogP contribution in [-0.4, -0.2) is 162 Å². The number of carboxylic acids is 5.